The van der Waals surface area contributed by atoms with E-state index in [9.17, 15) is 4.79 Å². The second-order valence-electron chi connectivity index (χ2n) is 3.96. The minimum Gasteiger partial charge on any atom is -0.491 e. The first-order valence-corrected chi connectivity index (χ1v) is 5.41. The van der Waals surface area contributed by atoms with Gasteiger partial charge in [0.05, 0.1) is 6.61 Å². The average molecular weight is 234 g/mol. The molecule has 1 atom stereocenters. The van der Waals surface area contributed by atoms with E-state index in [2.05, 4.69) is 0 Å². The number of epoxide rings is 1. The number of rotatable bonds is 5. The SMILES string of the molecule is C/C(=C/C(=O)O)c1cccc(OCC2CO2)c1. The second kappa shape index (κ2) is 5.01. The highest BCUT2D eigenvalue weighted by molar-refractivity contribution is 5.89. The van der Waals surface area contributed by atoms with Gasteiger partial charge in [0, 0.05) is 6.08 Å². The smallest absolute Gasteiger partial charge is 0.328 e. The maximum Gasteiger partial charge on any atom is 0.328 e. The van der Waals surface area contributed by atoms with E-state index < -0.39 is 5.97 Å². The van der Waals surface area contributed by atoms with Gasteiger partial charge in [0.25, 0.3) is 0 Å². The Morgan fingerprint density at radius 1 is 1.65 bits per heavy atom. The summed E-state index contributed by atoms with van der Waals surface area (Å²) in [5.74, 6) is -0.212. The highest BCUT2D eigenvalue weighted by Crippen LogP contribution is 2.21. The molecule has 0 aromatic heterocycles. The van der Waals surface area contributed by atoms with Gasteiger partial charge in [-0.3, -0.25) is 0 Å². The van der Waals surface area contributed by atoms with Crippen molar-refractivity contribution in [2.24, 2.45) is 0 Å². The van der Waals surface area contributed by atoms with Crippen LogP contribution in [0, 0.1) is 0 Å². The Balaban J connectivity index is 2.06. The maximum absolute atomic E-state index is 10.6. The number of carboxylic acid groups (broad SMARTS) is 1. The van der Waals surface area contributed by atoms with E-state index in [1.54, 1.807) is 6.92 Å². The molecule has 4 heteroatoms. The molecule has 1 aromatic carbocycles. The van der Waals surface area contributed by atoms with Gasteiger partial charge in [0.1, 0.15) is 18.5 Å². The Hall–Kier alpha value is -1.81. The minimum absolute atomic E-state index is 0.217. The number of carbonyl (C=O) groups is 1. The molecule has 1 saturated heterocycles. The van der Waals surface area contributed by atoms with Crippen molar-refractivity contribution < 1.29 is 19.4 Å². The van der Waals surface area contributed by atoms with Crippen molar-refractivity contribution >= 4 is 11.5 Å². The normalized spacial score (nSPS) is 18.9. The molecule has 0 spiro atoms. The number of aliphatic carboxylic acids is 1. The molecule has 1 aromatic rings. The van der Waals surface area contributed by atoms with Gasteiger partial charge in [-0.05, 0) is 30.2 Å². The molecule has 0 amide bonds. The van der Waals surface area contributed by atoms with Crippen molar-refractivity contribution in [1.29, 1.82) is 0 Å². The van der Waals surface area contributed by atoms with Crippen LogP contribution < -0.4 is 4.74 Å². The summed E-state index contributed by atoms with van der Waals surface area (Å²) in [4.78, 5) is 10.6. The molecule has 17 heavy (non-hydrogen) atoms. The van der Waals surface area contributed by atoms with Crippen molar-refractivity contribution in [1.82, 2.24) is 0 Å². The summed E-state index contributed by atoms with van der Waals surface area (Å²) in [5.41, 5.74) is 1.55. The van der Waals surface area contributed by atoms with Crippen LogP contribution in [0.3, 0.4) is 0 Å². The zero-order valence-corrected chi connectivity index (χ0v) is 9.55. The number of allylic oxidation sites excluding steroid dienone is 1. The summed E-state index contributed by atoms with van der Waals surface area (Å²) in [5, 5.41) is 8.67. The Morgan fingerprint density at radius 3 is 3.06 bits per heavy atom. The van der Waals surface area contributed by atoms with Crippen molar-refractivity contribution in [2.75, 3.05) is 13.2 Å². The molecule has 1 unspecified atom stereocenters. The molecule has 1 N–H and O–H groups in total. The maximum atomic E-state index is 10.6. The van der Waals surface area contributed by atoms with Crippen LogP contribution in [0.4, 0.5) is 0 Å². The van der Waals surface area contributed by atoms with Gasteiger partial charge in [-0.1, -0.05) is 12.1 Å². The molecular weight excluding hydrogens is 220 g/mol. The zero-order valence-electron chi connectivity index (χ0n) is 9.55. The number of benzene rings is 1. The Morgan fingerprint density at radius 2 is 2.41 bits per heavy atom. The second-order valence-corrected chi connectivity index (χ2v) is 3.96. The molecule has 2 rings (SSSR count). The largest absolute Gasteiger partial charge is 0.491 e. The minimum atomic E-state index is -0.944. The van der Waals surface area contributed by atoms with Crippen LogP contribution in [0.2, 0.25) is 0 Å². The van der Waals surface area contributed by atoms with Crippen LogP contribution in [-0.2, 0) is 9.53 Å². The first kappa shape index (κ1) is 11.7. The van der Waals surface area contributed by atoms with E-state index in [-0.39, 0.29) is 6.10 Å². The zero-order chi connectivity index (χ0) is 12.3. The molecule has 1 aliphatic heterocycles. The van der Waals surface area contributed by atoms with E-state index in [1.807, 2.05) is 24.3 Å². The van der Waals surface area contributed by atoms with Gasteiger partial charge >= 0.3 is 5.97 Å². The summed E-state index contributed by atoms with van der Waals surface area (Å²) < 4.78 is 10.6. The standard InChI is InChI=1S/C13H14O4/c1-9(5-13(14)15)10-3-2-4-11(6-10)16-7-12-8-17-12/h2-6,12H,7-8H2,1H3,(H,14,15)/b9-5-. The van der Waals surface area contributed by atoms with Gasteiger partial charge < -0.3 is 14.6 Å². The van der Waals surface area contributed by atoms with E-state index in [0.717, 1.165) is 17.9 Å². The molecule has 1 aliphatic rings. The number of hydrogen-bond acceptors (Lipinski definition) is 3. The van der Waals surface area contributed by atoms with Crippen molar-refractivity contribution in [3.63, 3.8) is 0 Å². The lowest BCUT2D eigenvalue weighted by molar-refractivity contribution is -0.131. The van der Waals surface area contributed by atoms with E-state index >= 15 is 0 Å². The van der Waals surface area contributed by atoms with Crippen LogP contribution in [0.5, 0.6) is 5.75 Å². The molecular formula is C13H14O4. The third kappa shape index (κ3) is 3.60. The fourth-order valence-electron chi connectivity index (χ4n) is 1.45. The van der Waals surface area contributed by atoms with Gasteiger partial charge in [0.2, 0.25) is 0 Å². The van der Waals surface area contributed by atoms with Crippen molar-refractivity contribution in [3.8, 4) is 5.75 Å². The number of carboxylic acids is 1. The summed E-state index contributed by atoms with van der Waals surface area (Å²) in [7, 11) is 0. The average Bonchev–Trinajstić information content (AvgIpc) is 3.10. The summed E-state index contributed by atoms with van der Waals surface area (Å²) in [6, 6.07) is 7.38. The molecule has 0 radical (unpaired) electrons. The summed E-state index contributed by atoms with van der Waals surface area (Å²) in [6.45, 7) is 3.07. The molecule has 0 saturated carbocycles. The Kier molecular flexibility index (Phi) is 3.44. The molecule has 0 aliphatic carbocycles. The van der Waals surface area contributed by atoms with Crippen LogP contribution in [-0.4, -0.2) is 30.4 Å². The van der Waals surface area contributed by atoms with Crippen LogP contribution in [0.1, 0.15) is 12.5 Å². The third-order valence-corrected chi connectivity index (χ3v) is 2.47. The fraction of sp³-hybridized carbons (Fsp3) is 0.308. The highest BCUT2D eigenvalue weighted by atomic mass is 16.6. The first-order chi connectivity index (χ1) is 8.15. The van der Waals surface area contributed by atoms with Crippen LogP contribution >= 0.6 is 0 Å². The van der Waals surface area contributed by atoms with Gasteiger partial charge in [-0.25, -0.2) is 4.79 Å². The predicted molar refractivity (Wildman–Crippen MR) is 63.0 cm³/mol. The van der Waals surface area contributed by atoms with Crippen LogP contribution in [0.25, 0.3) is 5.57 Å². The van der Waals surface area contributed by atoms with E-state index in [1.165, 1.54) is 6.08 Å². The molecule has 90 valence electrons. The lowest BCUT2D eigenvalue weighted by Gasteiger charge is -2.06. The Bertz CT molecular complexity index is 446. The molecule has 0 bridgehead atoms. The quantitative estimate of drug-likeness (QED) is 0.625. The van der Waals surface area contributed by atoms with Gasteiger partial charge in [0.15, 0.2) is 0 Å². The topological polar surface area (TPSA) is 59.1 Å². The first-order valence-electron chi connectivity index (χ1n) is 5.41. The molecule has 1 heterocycles. The number of ether oxygens (including phenoxy) is 2. The van der Waals surface area contributed by atoms with Crippen LogP contribution in [0.15, 0.2) is 30.3 Å². The van der Waals surface area contributed by atoms with Gasteiger partial charge in [-0.15, -0.1) is 0 Å². The highest BCUT2D eigenvalue weighted by Gasteiger charge is 2.22. The number of hydrogen-bond donors (Lipinski definition) is 1. The monoisotopic (exact) mass is 234 g/mol. The van der Waals surface area contributed by atoms with Crippen molar-refractivity contribution in [2.45, 2.75) is 13.0 Å². The Labute approximate surface area is 99.5 Å². The van der Waals surface area contributed by atoms with E-state index in [0.29, 0.717) is 12.2 Å². The molecule has 1 fully saturated rings. The van der Waals surface area contributed by atoms with E-state index in [4.69, 9.17) is 14.6 Å². The summed E-state index contributed by atoms with van der Waals surface area (Å²) >= 11 is 0. The predicted octanol–water partition coefficient (Wildman–Crippen LogP) is 1.95. The van der Waals surface area contributed by atoms with Gasteiger partial charge in [-0.2, -0.15) is 0 Å². The summed E-state index contributed by atoms with van der Waals surface area (Å²) in [6.07, 6.45) is 1.40. The molecule has 4 nitrogen and oxygen atoms in total. The van der Waals surface area contributed by atoms with Crippen molar-refractivity contribution in [3.05, 3.63) is 35.9 Å². The third-order valence-electron chi connectivity index (χ3n) is 2.47. The lowest BCUT2D eigenvalue weighted by Crippen LogP contribution is -2.04. The lowest BCUT2D eigenvalue weighted by atomic mass is 10.1. The fourth-order valence-corrected chi connectivity index (χ4v) is 1.45.